The third-order valence-corrected chi connectivity index (χ3v) is 6.68. The smallest absolute Gasteiger partial charge is 0.416 e. The van der Waals surface area contributed by atoms with E-state index in [9.17, 15) is 22.8 Å². The molecule has 0 bridgehead atoms. The molecule has 1 aromatic heterocycles. The number of amides is 1. The highest BCUT2D eigenvalue weighted by Crippen LogP contribution is 2.34. The molecule has 206 valence electrons. The van der Waals surface area contributed by atoms with Crippen molar-refractivity contribution in [3.8, 4) is 11.5 Å². The summed E-state index contributed by atoms with van der Waals surface area (Å²) in [7, 11) is 1.25. The van der Waals surface area contributed by atoms with Crippen molar-refractivity contribution in [3.63, 3.8) is 0 Å². The number of aromatic nitrogens is 3. The normalized spacial score (nSPS) is 19.1. The lowest BCUT2D eigenvalue weighted by Crippen LogP contribution is -2.42. The van der Waals surface area contributed by atoms with Crippen molar-refractivity contribution < 1.29 is 37.0 Å². The van der Waals surface area contributed by atoms with Gasteiger partial charge in [0.05, 0.1) is 31.0 Å². The maximum atomic E-state index is 13.3. The number of benzene rings is 2. The van der Waals surface area contributed by atoms with E-state index in [1.807, 2.05) is 23.1 Å². The van der Waals surface area contributed by atoms with E-state index < -0.39 is 23.8 Å². The van der Waals surface area contributed by atoms with Crippen LogP contribution in [0.4, 0.5) is 13.2 Å². The average molecular weight is 546 g/mol. The first-order valence-electron chi connectivity index (χ1n) is 12.3. The van der Waals surface area contributed by atoms with E-state index in [-0.39, 0.29) is 24.2 Å². The lowest BCUT2D eigenvalue weighted by molar-refractivity contribution is -0.137. The number of alkyl halides is 3. The molecule has 5 rings (SSSR count). The summed E-state index contributed by atoms with van der Waals surface area (Å²) in [6.07, 6.45) is -2.65. The number of hydrogen-bond acceptors (Lipinski definition) is 8. The molecule has 1 saturated heterocycles. The minimum atomic E-state index is -4.47. The van der Waals surface area contributed by atoms with E-state index in [2.05, 4.69) is 15.6 Å². The molecule has 10 nitrogen and oxygen atoms in total. The van der Waals surface area contributed by atoms with Crippen molar-refractivity contribution >= 4 is 11.9 Å². The zero-order valence-electron chi connectivity index (χ0n) is 21.0. The van der Waals surface area contributed by atoms with Crippen LogP contribution in [0.3, 0.4) is 0 Å². The molecule has 3 heterocycles. The molecule has 2 aliphatic heterocycles. The van der Waals surface area contributed by atoms with Crippen molar-refractivity contribution in [3.05, 3.63) is 71.0 Å². The van der Waals surface area contributed by atoms with Crippen LogP contribution < -0.4 is 14.8 Å². The van der Waals surface area contributed by atoms with E-state index in [0.717, 1.165) is 17.7 Å². The van der Waals surface area contributed by atoms with Gasteiger partial charge in [-0.05, 0) is 41.8 Å². The number of nitrogens with zero attached hydrogens (tertiary/aromatic N) is 4. The molecule has 2 aliphatic rings. The molecule has 3 aromatic rings. The Morgan fingerprint density at radius 1 is 1.10 bits per heavy atom. The average Bonchev–Trinajstić information content (AvgIpc) is 3.59. The zero-order valence-corrected chi connectivity index (χ0v) is 21.0. The van der Waals surface area contributed by atoms with Crippen LogP contribution in [0, 0.1) is 0 Å². The van der Waals surface area contributed by atoms with Gasteiger partial charge in [-0.15, -0.1) is 5.10 Å². The fourth-order valence-electron chi connectivity index (χ4n) is 4.76. The van der Waals surface area contributed by atoms with Gasteiger partial charge in [-0.2, -0.15) is 13.2 Å². The van der Waals surface area contributed by atoms with E-state index in [1.165, 1.54) is 30.1 Å². The van der Waals surface area contributed by atoms with Gasteiger partial charge in [0.1, 0.15) is 13.2 Å². The Balaban J connectivity index is 1.33. The number of rotatable bonds is 7. The highest BCUT2D eigenvalue weighted by atomic mass is 19.4. The monoisotopic (exact) mass is 545 g/mol. The molecule has 2 atom stereocenters. The van der Waals surface area contributed by atoms with Crippen molar-refractivity contribution in [1.29, 1.82) is 0 Å². The Kier molecular flexibility index (Phi) is 7.42. The summed E-state index contributed by atoms with van der Waals surface area (Å²) >= 11 is 0. The van der Waals surface area contributed by atoms with Crippen LogP contribution in [-0.2, 0) is 28.8 Å². The Bertz CT molecular complexity index is 1360. The Morgan fingerprint density at radius 2 is 1.90 bits per heavy atom. The summed E-state index contributed by atoms with van der Waals surface area (Å²) in [6, 6.07) is 9.54. The summed E-state index contributed by atoms with van der Waals surface area (Å²) in [6.45, 7) is 1.67. The first-order chi connectivity index (χ1) is 18.7. The molecule has 39 heavy (non-hydrogen) atoms. The van der Waals surface area contributed by atoms with E-state index >= 15 is 0 Å². The maximum absolute atomic E-state index is 13.3. The highest BCUT2D eigenvalue weighted by molar-refractivity contribution is 5.86. The summed E-state index contributed by atoms with van der Waals surface area (Å²) in [5.41, 5.74) is 0.505. The summed E-state index contributed by atoms with van der Waals surface area (Å²) < 4.78 is 56.8. The predicted octanol–water partition coefficient (Wildman–Crippen LogP) is 2.99. The largest absolute Gasteiger partial charge is 0.486 e. The van der Waals surface area contributed by atoms with Gasteiger partial charge in [0.15, 0.2) is 17.2 Å². The first-order valence-corrected chi connectivity index (χ1v) is 12.3. The molecule has 0 saturated carbocycles. The van der Waals surface area contributed by atoms with E-state index in [1.54, 1.807) is 0 Å². The first kappa shape index (κ1) is 26.5. The summed E-state index contributed by atoms with van der Waals surface area (Å²) in [5, 5.41) is 10.7. The second kappa shape index (κ2) is 10.9. The molecular weight excluding hydrogens is 519 g/mol. The number of halogens is 3. The fraction of sp³-hybridized carbons (Fsp3) is 0.385. The number of hydrogen-bond donors (Lipinski definition) is 1. The van der Waals surface area contributed by atoms with Crippen molar-refractivity contribution in [2.45, 2.75) is 37.8 Å². The van der Waals surface area contributed by atoms with E-state index in [4.69, 9.17) is 14.2 Å². The van der Waals surface area contributed by atoms with Crippen molar-refractivity contribution in [2.75, 3.05) is 26.9 Å². The molecule has 0 radical (unpaired) electrons. The predicted molar refractivity (Wildman–Crippen MR) is 130 cm³/mol. The third-order valence-electron chi connectivity index (χ3n) is 6.68. The molecule has 0 spiro atoms. The summed E-state index contributed by atoms with van der Waals surface area (Å²) in [4.78, 5) is 27.1. The second-order valence-corrected chi connectivity index (χ2v) is 9.30. The van der Waals surface area contributed by atoms with Crippen LogP contribution in [0.5, 0.6) is 11.5 Å². The zero-order chi connectivity index (χ0) is 27.6. The molecule has 1 amide bonds. The lowest BCUT2D eigenvalue weighted by atomic mass is 10.1. The molecule has 0 unspecified atom stereocenters. The molecule has 13 heteroatoms. The van der Waals surface area contributed by atoms with Gasteiger partial charge in [-0.1, -0.05) is 23.4 Å². The van der Waals surface area contributed by atoms with Crippen LogP contribution in [0.15, 0.2) is 48.7 Å². The number of fused-ring (bicyclic) bond motifs is 1. The van der Waals surface area contributed by atoms with Gasteiger partial charge in [0, 0.05) is 19.6 Å². The van der Waals surface area contributed by atoms with Crippen LogP contribution in [0.1, 0.15) is 39.6 Å². The number of methoxy groups -OCH3 is 1. The van der Waals surface area contributed by atoms with Crippen molar-refractivity contribution in [1.82, 2.24) is 25.2 Å². The van der Waals surface area contributed by atoms with Gasteiger partial charge >= 0.3 is 12.1 Å². The fourth-order valence-corrected chi connectivity index (χ4v) is 4.76. The van der Waals surface area contributed by atoms with Crippen LogP contribution in [-0.4, -0.2) is 64.7 Å². The number of likely N-dealkylation sites (tertiary alicyclic amines) is 1. The molecule has 1 N–H and O–H groups in total. The van der Waals surface area contributed by atoms with Crippen LogP contribution >= 0.6 is 0 Å². The number of esters is 1. The summed E-state index contributed by atoms with van der Waals surface area (Å²) in [5.74, 6) is 0.320. The standard InChI is InChI=1S/C26H26F3N5O5/c1-37-25(36)20-15-34(32-31-20)19-11-21(24(35)30-12-16-3-2-4-18(9-16)26(27,28)29)33(14-19)13-17-5-6-22-23(10-17)39-8-7-38-22/h2-6,9-10,15,19,21H,7-8,11-14H2,1H3,(H,30,35)/t19-,21-/m0/s1. The van der Waals surface area contributed by atoms with Gasteiger partial charge in [0.25, 0.3) is 0 Å². The quantitative estimate of drug-likeness (QED) is 0.452. The Hall–Kier alpha value is -4.13. The maximum Gasteiger partial charge on any atom is 0.416 e. The van der Waals surface area contributed by atoms with Gasteiger partial charge in [-0.25, -0.2) is 9.48 Å². The van der Waals surface area contributed by atoms with Gasteiger partial charge in [0.2, 0.25) is 5.91 Å². The minimum Gasteiger partial charge on any atom is -0.486 e. The molecule has 2 aromatic carbocycles. The van der Waals surface area contributed by atoms with E-state index in [0.29, 0.717) is 49.8 Å². The second-order valence-electron chi connectivity index (χ2n) is 9.30. The van der Waals surface area contributed by atoms with Gasteiger partial charge < -0.3 is 19.5 Å². The Morgan fingerprint density at radius 3 is 2.67 bits per heavy atom. The minimum absolute atomic E-state index is 0.0494. The number of nitrogens with one attached hydrogen (secondary N) is 1. The molecule has 0 aliphatic carbocycles. The van der Waals surface area contributed by atoms with Gasteiger partial charge in [-0.3, -0.25) is 9.69 Å². The van der Waals surface area contributed by atoms with Crippen LogP contribution in [0.25, 0.3) is 0 Å². The molecule has 1 fully saturated rings. The van der Waals surface area contributed by atoms with Crippen molar-refractivity contribution in [2.24, 2.45) is 0 Å². The van der Waals surface area contributed by atoms with Crippen LogP contribution in [0.2, 0.25) is 0 Å². The number of carbonyl (C=O) groups is 2. The SMILES string of the molecule is COC(=O)c1cn([C@H]2C[C@@H](C(=O)NCc3cccc(C(F)(F)F)c3)N(Cc3ccc4c(c3)OCCO4)C2)nn1. The Labute approximate surface area is 221 Å². The highest BCUT2D eigenvalue weighted by Gasteiger charge is 2.38. The topological polar surface area (TPSA) is 108 Å². The molecular formula is C26H26F3N5O5. The third kappa shape index (κ3) is 5.98. The lowest BCUT2D eigenvalue weighted by Gasteiger charge is -2.25. The number of ether oxygens (including phenoxy) is 3. The number of carbonyl (C=O) groups excluding carboxylic acids is 2.